The first-order valence-corrected chi connectivity index (χ1v) is 7.82. The van der Waals surface area contributed by atoms with Crippen molar-refractivity contribution in [2.75, 3.05) is 32.9 Å². The van der Waals surface area contributed by atoms with E-state index < -0.39 is 11.6 Å². The number of likely N-dealkylation sites (tertiary alicyclic amines) is 1. The maximum Gasteiger partial charge on any atom is 0.258 e. The second kappa shape index (κ2) is 7.23. The zero-order valence-electron chi connectivity index (χ0n) is 12.8. The highest BCUT2D eigenvalue weighted by Gasteiger charge is 2.35. The van der Waals surface area contributed by atoms with Gasteiger partial charge in [0.25, 0.3) is 5.91 Å². The molecule has 7 heteroatoms. The molecule has 1 aromatic carbocycles. The second-order valence-electron chi connectivity index (χ2n) is 5.89. The van der Waals surface area contributed by atoms with E-state index in [0.29, 0.717) is 13.2 Å². The lowest BCUT2D eigenvalue weighted by Gasteiger charge is -2.27. The Balaban J connectivity index is 1.50. The summed E-state index contributed by atoms with van der Waals surface area (Å²) in [7, 11) is 0. The number of rotatable bonds is 5. The predicted octanol–water partition coefficient (Wildman–Crippen LogP) is 1.32. The lowest BCUT2D eigenvalue weighted by molar-refractivity contribution is -0.124. The Morgan fingerprint density at radius 1 is 1.30 bits per heavy atom. The van der Waals surface area contributed by atoms with Crippen LogP contribution in [0.4, 0.5) is 8.78 Å². The largest absolute Gasteiger partial charge is 0.481 e. The van der Waals surface area contributed by atoms with Crippen molar-refractivity contribution in [3.05, 3.63) is 29.8 Å². The molecule has 0 radical (unpaired) electrons. The number of amides is 1. The molecule has 23 heavy (non-hydrogen) atoms. The molecule has 2 saturated heterocycles. The van der Waals surface area contributed by atoms with Gasteiger partial charge in [0.2, 0.25) is 0 Å². The minimum absolute atomic E-state index is 0.0812. The first-order chi connectivity index (χ1) is 11.1. The van der Waals surface area contributed by atoms with Crippen molar-refractivity contribution in [1.29, 1.82) is 0 Å². The Hall–Kier alpha value is -1.73. The first-order valence-electron chi connectivity index (χ1n) is 7.82. The third-order valence-electron chi connectivity index (χ3n) is 4.26. The molecule has 0 aromatic heterocycles. The molecule has 0 spiro atoms. The standard InChI is InChI=1S/C16H20F2N2O3/c17-11-3-4-15(12(18)7-11)23-10-16(21)19-13-8-22-9-14(13)20-5-1-2-6-20/h3-4,7,13-14H,1-2,5-6,8-10H2,(H,19,21)/t13-,14-/m0/s1. The van der Waals surface area contributed by atoms with Crippen molar-refractivity contribution in [2.45, 2.75) is 24.9 Å². The van der Waals surface area contributed by atoms with E-state index in [1.807, 2.05) is 0 Å². The van der Waals surface area contributed by atoms with Crippen LogP contribution < -0.4 is 10.1 Å². The van der Waals surface area contributed by atoms with E-state index in [1.165, 1.54) is 18.9 Å². The normalized spacial score (nSPS) is 24.8. The number of ether oxygens (including phenoxy) is 2. The Kier molecular flexibility index (Phi) is 5.07. The van der Waals surface area contributed by atoms with Crippen LogP contribution in [0.5, 0.6) is 5.75 Å². The molecule has 2 aliphatic rings. The van der Waals surface area contributed by atoms with Crippen molar-refractivity contribution >= 4 is 5.91 Å². The maximum absolute atomic E-state index is 13.4. The molecule has 0 bridgehead atoms. The summed E-state index contributed by atoms with van der Waals surface area (Å²) in [5.41, 5.74) is 0. The number of benzene rings is 1. The van der Waals surface area contributed by atoms with Gasteiger partial charge in [0.1, 0.15) is 5.82 Å². The van der Waals surface area contributed by atoms with Gasteiger partial charge in [-0.15, -0.1) is 0 Å². The van der Waals surface area contributed by atoms with E-state index in [4.69, 9.17) is 9.47 Å². The van der Waals surface area contributed by atoms with Gasteiger partial charge in [0.05, 0.1) is 25.3 Å². The van der Waals surface area contributed by atoms with Gasteiger partial charge in [0.15, 0.2) is 18.2 Å². The van der Waals surface area contributed by atoms with Crippen LogP contribution in [0.15, 0.2) is 18.2 Å². The zero-order chi connectivity index (χ0) is 16.2. The average molecular weight is 326 g/mol. The van der Waals surface area contributed by atoms with E-state index in [9.17, 15) is 13.6 Å². The van der Waals surface area contributed by atoms with E-state index in [-0.39, 0.29) is 30.3 Å². The number of nitrogens with one attached hydrogen (secondary N) is 1. The molecule has 1 aromatic rings. The smallest absolute Gasteiger partial charge is 0.258 e. The lowest BCUT2D eigenvalue weighted by atomic mass is 10.1. The molecule has 0 saturated carbocycles. The van der Waals surface area contributed by atoms with Crippen molar-refractivity contribution in [3.63, 3.8) is 0 Å². The Morgan fingerprint density at radius 3 is 2.83 bits per heavy atom. The van der Waals surface area contributed by atoms with E-state index >= 15 is 0 Å². The van der Waals surface area contributed by atoms with Gasteiger partial charge in [-0.1, -0.05) is 0 Å². The number of carbonyl (C=O) groups excluding carboxylic acids is 1. The predicted molar refractivity (Wildman–Crippen MR) is 79.2 cm³/mol. The monoisotopic (exact) mass is 326 g/mol. The fraction of sp³-hybridized carbons (Fsp3) is 0.562. The molecule has 0 aliphatic carbocycles. The van der Waals surface area contributed by atoms with E-state index in [2.05, 4.69) is 10.2 Å². The molecule has 2 heterocycles. The van der Waals surface area contributed by atoms with Crippen molar-refractivity contribution < 1.29 is 23.0 Å². The van der Waals surface area contributed by atoms with Gasteiger partial charge in [-0.2, -0.15) is 0 Å². The van der Waals surface area contributed by atoms with Gasteiger partial charge in [-0.3, -0.25) is 9.69 Å². The van der Waals surface area contributed by atoms with Crippen molar-refractivity contribution in [2.24, 2.45) is 0 Å². The lowest BCUT2D eigenvalue weighted by Crippen LogP contribution is -2.51. The van der Waals surface area contributed by atoms with Crippen LogP contribution in [0.3, 0.4) is 0 Å². The second-order valence-corrected chi connectivity index (χ2v) is 5.89. The molecule has 1 amide bonds. The molecular weight excluding hydrogens is 306 g/mol. The molecule has 5 nitrogen and oxygen atoms in total. The van der Waals surface area contributed by atoms with Crippen LogP contribution in [-0.2, 0) is 9.53 Å². The third-order valence-corrected chi connectivity index (χ3v) is 4.26. The molecule has 3 rings (SSSR count). The van der Waals surface area contributed by atoms with Crippen LogP contribution >= 0.6 is 0 Å². The zero-order valence-corrected chi connectivity index (χ0v) is 12.8. The van der Waals surface area contributed by atoms with Crippen molar-refractivity contribution in [1.82, 2.24) is 10.2 Å². The highest BCUT2D eigenvalue weighted by Crippen LogP contribution is 2.20. The summed E-state index contributed by atoms with van der Waals surface area (Å²) in [5, 5.41) is 2.88. The van der Waals surface area contributed by atoms with Gasteiger partial charge in [0, 0.05) is 6.07 Å². The average Bonchev–Trinajstić information content (AvgIpc) is 3.17. The molecule has 1 N–H and O–H groups in total. The van der Waals surface area contributed by atoms with Gasteiger partial charge in [-0.05, 0) is 38.1 Å². The fourth-order valence-electron chi connectivity index (χ4n) is 3.10. The number of nitrogens with zero attached hydrogens (tertiary/aromatic N) is 1. The molecule has 126 valence electrons. The van der Waals surface area contributed by atoms with Gasteiger partial charge >= 0.3 is 0 Å². The summed E-state index contributed by atoms with van der Waals surface area (Å²) in [5.74, 6) is -1.98. The van der Waals surface area contributed by atoms with Crippen LogP contribution in [0.25, 0.3) is 0 Å². The van der Waals surface area contributed by atoms with E-state index in [1.54, 1.807) is 0 Å². The quantitative estimate of drug-likeness (QED) is 0.887. The summed E-state index contributed by atoms with van der Waals surface area (Å²) in [4.78, 5) is 14.3. The highest BCUT2D eigenvalue weighted by molar-refractivity contribution is 5.78. The summed E-state index contributed by atoms with van der Waals surface area (Å²) in [6.07, 6.45) is 2.34. The van der Waals surface area contributed by atoms with Crippen molar-refractivity contribution in [3.8, 4) is 5.75 Å². The number of carbonyl (C=O) groups is 1. The minimum Gasteiger partial charge on any atom is -0.481 e. The third kappa shape index (κ3) is 3.97. The summed E-state index contributed by atoms with van der Waals surface area (Å²) in [6.45, 7) is 2.82. The summed E-state index contributed by atoms with van der Waals surface area (Å²) >= 11 is 0. The molecule has 0 unspecified atom stereocenters. The Morgan fingerprint density at radius 2 is 2.09 bits per heavy atom. The van der Waals surface area contributed by atoms with Crippen LogP contribution in [-0.4, -0.2) is 55.8 Å². The van der Waals surface area contributed by atoms with Gasteiger partial charge in [-0.25, -0.2) is 8.78 Å². The topological polar surface area (TPSA) is 50.8 Å². The van der Waals surface area contributed by atoms with Gasteiger partial charge < -0.3 is 14.8 Å². The van der Waals surface area contributed by atoms with E-state index in [0.717, 1.165) is 25.2 Å². The fourth-order valence-corrected chi connectivity index (χ4v) is 3.10. The molecule has 2 aliphatic heterocycles. The van der Waals surface area contributed by atoms with Crippen LogP contribution in [0.1, 0.15) is 12.8 Å². The summed E-state index contributed by atoms with van der Waals surface area (Å²) < 4.78 is 36.9. The SMILES string of the molecule is O=C(COc1ccc(F)cc1F)N[C@H]1COC[C@@H]1N1CCCC1. The first kappa shape index (κ1) is 16.1. The number of hydrogen-bond donors (Lipinski definition) is 1. The molecule has 2 fully saturated rings. The highest BCUT2D eigenvalue weighted by atomic mass is 19.1. The maximum atomic E-state index is 13.4. The van der Waals surface area contributed by atoms with Crippen LogP contribution in [0.2, 0.25) is 0 Å². The number of halogens is 2. The summed E-state index contributed by atoms with van der Waals surface area (Å²) in [6, 6.07) is 3.08. The van der Waals surface area contributed by atoms with Crippen LogP contribution in [0, 0.1) is 11.6 Å². The minimum atomic E-state index is -0.822. The number of hydrogen-bond acceptors (Lipinski definition) is 4. The Bertz CT molecular complexity index is 564. The molecular formula is C16H20F2N2O3. The molecule has 2 atom stereocenters. The Labute approximate surface area is 133 Å².